The average Bonchev–Trinajstić information content (AvgIpc) is 3.03. The smallest absolute Gasteiger partial charge is 0.255 e. The van der Waals surface area contributed by atoms with Gasteiger partial charge < -0.3 is 20.4 Å². The van der Waals surface area contributed by atoms with Gasteiger partial charge in [0.1, 0.15) is 11.7 Å². The molecule has 2 N–H and O–H groups in total. The molecule has 0 radical (unpaired) electrons. The Kier molecular flexibility index (Phi) is 5.45. The quantitative estimate of drug-likeness (QED) is 0.699. The van der Waals surface area contributed by atoms with Gasteiger partial charge in [-0.15, -0.1) is 0 Å². The molecule has 1 aromatic rings. The van der Waals surface area contributed by atoms with Gasteiger partial charge in [0.05, 0.1) is 17.1 Å². The first kappa shape index (κ1) is 21.6. The molecule has 4 rings (SSSR count). The van der Waals surface area contributed by atoms with E-state index in [9.17, 15) is 22.8 Å². The molecule has 3 heterocycles. The number of anilines is 1. The molecule has 0 aromatic heterocycles. The third-order valence-corrected chi connectivity index (χ3v) is 8.44. The Balaban J connectivity index is 1.47. The standard InChI is InChI=1S/C21H28N4O5S/c1-14(20(28)24(2)15-8-12-31(29,30)13-15)25-11-10-21(9-7-18(25)26)22-17-6-4-3-5-16(17)19(27)23-21/h3-6,14-15,22H,7-13H2,1-2H3,(H,23,27)/t14-,15-,21+/m1/s1. The zero-order valence-corrected chi connectivity index (χ0v) is 18.6. The van der Waals surface area contributed by atoms with Crippen molar-refractivity contribution in [3.63, 3.8) is 0 Å². The zero-order valence-electron chi connectivity index (χ0n) is 17.8. The van der Waals surface area contributed by atoms with E-state index in [-0.39, 0.29) is 41.7 Å². The summed E-state index contributed by atoms with van der Waals surface area (Å²) in [5.74, 6) is -0.546. The van der Waals surface area contributed by atoms with Gasteiger partial charge >= 0.3 is 0 Å². The van der Waals surface area contributed by atoms with Crippen molar-refractivity contribution in [3.8, 4) is 0 Å². The number of carbonyl (C=O) groups excluding carboxylic acids is 3. The van der Waals surface area contributed by atoms with Crippen LogP contribution >= 0.6 is 0 Å². The van der Waals surface area contributed by atoms with Gasteiger partial charge in [0.15, 0.2) is 9.84 Å². The molecule has 3 aliphatic heterocycles. The van der Waals surface area contributed by atoms with Crippen molar-refractivity contribution in [1.29, 1.82) is 0 Å². The van der Waals surface area contributed by atoms with E-state index in [0.717, 1.165) is 5.69 Å². The Labute approximate surface area is 182 Å². The van der Waals surface area contributed by atoms with Crippen molar-refractivity contribution < 1.29 is 22.8 Å². The Morgan fingerprint density at radius 2 is 1.97 bits per heavy atom. The van der Waals surface area contributed by atoms with Gasteiger partial charge in [-0.1, -0.05) is 12.1 Å². The number of nitrogens with zero attached hydrogens (tertiary/aromatic N) is 2. The van der Waals surface area contributed by atoms with Crippen LogP contribution in [0.15, 0.2) is 24.3 Å². The average molecular weight is 449 g/mol. The summed E-state index contributed by atoms with van der Waals surface area (Å²) < 4.78 is 23.6. The van der Waals surface area contributed by atoms with Crippen molar-refractivity contribution in [2.24, 2.45) is 0 Å². The van der Waals surface area contributed by atoms with Crippen molar-refractivity contribution in [1.82, 2.24) is 15.1 Å². The number of nitrogens with one attached hydrogen (secondary N) is 2. The molecule has 10 heteroatoms. The number of sulfone groups is 1. The fourth-order valence-electron chi connectivity index (χ4n) is 4.74. The van der Waals surface area contributed by atoms with Crippen molar-refractivity contribution in [2.45, 2.75) is 50.4 Å². The molecule has 9 nitrogen and oxygen atoms in total. The van der Waals surface area contributed by atoms with E-state index in [4.69, 9.17) is 0 Å². The van der Waals surface area contributed by atoms with E-state index in [2.05, 4.69) is 10.6 Å². The van der Waals surface area contributed by atoms with Crippen LogP contribution in [0.3, 0.4) is 0 Å². The van der Waals surface area contributed by atoms with Gasteiger partial charge in [-0.05, 0) is 31.9 Å². The van der Waals surface area contributed by atoms with Crippen LogP contribution in [0.2, 0.25) is 0 Å². The number of benzene rings is 1. The Morgan fingerprint density at radius 1 is 1.23 bits per heavy atom. The summed E-state index contributed by atoms with van der Waals surface area (Å²) in [4.78, 5) is 41.5. The van der Waals surface area contributed by atoms with E-state index in [1.54, 1.807) is 31.0 Å². The number of hydrogen-bond acceptors (Lipinski definition) is 6. The van der Waals surface area contributed by atoms with E-state index in [0.29, 0.717) is 31.4 Å². The molecule has 2 saturated heterocycles. The second-order valence-corrected chi connectivity index (χ2v) is 11.0. The third kappa shape index (κ3) is 4.13. The maximum atomic E-state index is 13.0. The van der Waals surface area contributed by atoms with Crippen LogP contribution < -0.4 is 10.6 Å². The number of rotatable bonds is 3. The zero-order chi connectivity index (χ0) is 22.4. The second-order valence-electron chi connectivity index (χ2n) is 8.73. The lowest BCUT2D eigenvalue weighted by atomic mass is 9.95. The van der Waals surface area contributed by atoms with Crippen LogP contribution in [0.4, 0.5) is 5.69 Å². The summed E-state index contributed by atoms with van der Waals surface area (Å²) >= 11 is 0. The fourth-order valence-corrected chi connectivity index (χ4v) is 6.51. The number of carbonyl (C=O) groups is 3. The summed E-state index contributed by atoms with van der Waals surface area (Å²) in [6, 6.07) is 6.18. The maximum Gasteiger partial charge on any atom is 0.255 e. The fraction of sp³-hybridized carbons (Fsp3) is 0.571. The first-order chi connectivity index (χ1) is 14.6. The van der Waals surface area contributed by atoms with Gasteiger partial charge in [-0.25, -0.2) is 8.42 Å². The molecule has 0 bridgehead atoms. The Bertz CT molecular complexity index is 1030. The minimum atomic E-state index is -3.11. The Hall–Kier alpha value is -2.62. The lowest BCUT2D eigenvalue weighted by molar-refractivity contribution is -0.145. The highest BCUT2D eigenvalue weighted by Crippen LogP contribution is 2.32. The minimum Gasteiger partial charge on any atom is -0.362 e. The number of hydrogen-bond donors (Lipinski definition) is 2. The topological polar surface area (TPSA) is 116 Å². The largest absolute Gasteiger partial charge is 0.362 e. The molecular weight excluding hydrogens is 420 g/mol. The summed E-state index contributed by atoms with van der Waals surface area (Å²) in [6.07, 6.45) is 1.48. The van der Waals surface area contributed by atoms with Crippen LogP contribution in [0.1, 0.15) is 43.0 Å². The second kappa shape index (κ2) is 7.81. The number of likely N-dealkylation sites (tertiary alicyclic amines) is 1. The normalized spacial score (nSPS) is 28.3. The molecule has 1 spiro atoms. The molecule has 2 fully saturated rings. The summed E-state index contributed by atoms with van der Waals surface area (Å²) in [6.45, 7) is 1.98. The van der Waals surface area contributed by atoms with Gasteiger partial charge in [-0.3, -0.25) is 14.4 Å². The van der Waals surface area contributed by atoms with Crippen LogP contribution in [0, 0.1) is 0 Å². The highest BCUT2D eigenvalue weighted by molar-refractivity contribution is 7.91. The van der Waals surface area contributed by atoms with Crippen LogP contribution in [-0.2, 0) is 19.4 Å². The highest BCUT2D eigenvalue weighted by atomic mass is 32.2. The monoisotopic (exact) mass is 448 g/mol. The molecule has 0 aliphatic carbocycles. The first-order valence-electron chi connectivity index (χ1n) is 10.6. The predicted octanol–water partition coefficient (Wildman–Crippen LogP) is 0.585. The molecule has 3 aliphatic rings. The number of fused-ring (bicyclic) bond motifs is 1. The molecule has 31 heavy (non-hydrogen) atoms. The van der Waals surface area contributed by atoms with E-state index in [1.807, 2.05) is 12.1 Å². The molecule has 1 aromatic carbocycles. The maximum absolute atomic E-state index is 13.0. The molecule has 0 unspecified atom stereocenters. The van der Waals surface area contributed by atoms with Crippen molar-refractivity contribution >= 4 is 33.2 Å². The summed E-state index contributed by atoms with van der Waals surface area (Å²) in [5, 5.41) is 6.42. The molecule has 3 atom stereocenters. The van der Waals surface area contributed by atoms with Crippen LogP contribution in [0.25, 0.3) is 0 Å². The van der Waals surface area contributed by atoms with E-state index >= 15 is 0 Å². The Morgan fingerprint density at radius 3 is 2.68 bits per heavy atom. The predicted molar refractivity (Wildman–Crippen MR) is 115 cm³/mol. The van der Waals surface area contributed by atoms with Gasteiger partial charge in [-0.2, -0.15) is 0 Å². The first-order valence-corrected chi connectivity index (χ1v) is 12.4. The number of amides is 3. The highest BCUT2D eigenvalue weighted by Gasteiger charge is 2.43. The molecule has 3 amide bonds. The van der Waals surface area contributed by atoms with Crippen LogP contribution in [0.5, 0.6) is 0 Å². The summed E-state index contributed by atoms with van der Waals surface area (Å²) in [7, 11) is -1.51. The molecule has 0 saturated carbocycles. The van der Waals surface area contributed by atoms with E-state index in [1.165, 1.54) is 4.90 Å². The minimum absolute atomic E-state index is 0.0334. The third-order valence-electron chi connectivity index (χ3n) is 6.69. The van der Waals surface area contributed by atoms with Crippen molar-refractivity contribution in [3.05, 3.63) is 29.8 Å². The lowest BCUT2D eigenvalue weighted by Gasteiger charge is -2.40. The summed E-state index contributed by atoms with van der Waals surface area (Å²) in [5.41, 5.74) is 0.556. The molecule has 168 valence electrons. The van der Waals surface area contributed by atoms with Gasteiger partial charge in [0, 0.05) is 38.2 Å². The van der Waals surface area contributed by atoms with Crippen molar-refractivity contribution in [2.75, 3.05) is 30.4 Å². The molecular formula is C21H28N4O5S. The number of likely N-dealkylation sites (N-methyl/N-ethyl adjacent to an activating group) is 1. The SMILES string of the molecule is C[C@H](C(=O)N(C)[C@@H]1CCS(=O)(=O)C1)N1CC[C@]2(CCC1=O)NC(=O)c1ccccc1N2. The number of para-hydroxylation sites is 1. The van der Waals surface area contributed by atoms with Gasteiger partial charge in [0.2, 0.25) is 11.8 Å². The van der Waals surface area contributed by atoms with Gasteiger partial charge in [0.25, 0.3) is 5.91 Å². The van der Waals surface area contributed by atoms with E-state index < -0.39 is 21.5 Å². The van der Waals surface area contributed by atoms with Crippen LogP contribution in [-0.4, -0.2) is 78.8 Å². The lowest BCUT2D eigenvalue weighted by Crippen LogP contribution is -2.58.